The first-order valence-electron chi connectivity index (χ1n) is 9.81. The van der Waals surface area contributed by atoms with Gasteiger partial charge in [0.2, 0.25) is 0 Å². The molecule has 3 rings (SSSR count). The van der Waals surface area contributed by atoms with Crippen LogP contribution in [-0.4, -0.2) is 61.6 Å². The fraction of sp³-hybridized carbons (Fsp3) is 0.947. The highest BCUT2D eigenvalue weighted by Gasteiger charge is 2.43. The summed E-state index contributed by atoms with van der Waals surface area (Å²) in [5.41, 5.74) is 0.643. The number of guanidine groups is 1. The van der Waals surface area contributed by atoms with Crippen LogP contribution < -0.4 is 5.32 Å². The van der Waals surface area contributed by atoms with E-state index in [0.717, 1.165) is 18.4 Å². The molecule has 0 bridgehead atoms. The first-order chi connectivity index (χ1) is 11.1. The first kappa shape index (κ1) is 20.3. The Labute approximate surface area is 165 Å². The Morgan fingerprint density at radius 1 is 1.08 bits per heavy atom. The molecular weight excluding hydrogens is 411 g/mol. The number of likely N-dealkylation sites (tertiary alicyclic amines) is 2. The Morgan fingerprint density at radius 2 is 1.79 bits per heavy atom. The van der Waals surface area contributed by atoms with Gasteiger partial charge < -0.3 is 10.2 Å². The summed E-state index contributed by atoms with van der Waals surface area (Å²) in [6.45, 7) is 10.7. The normalized spacial score (nSPS) is 25.0. The molecule has 5 heteroatoms. The summed E-state index contributed by atoms with van der Waals surface area (Å²) in [7, 11) is 1.95. The third kappa shape index (κ3) is 4.77. The van der Waals surface area contributed by atoms with Crippen molar-refractivity contribution >= 4 is 29.9 Å². The zero-order valence-electron chi connectivity index (χ0n) is 15.9. The van der Waals surface area contributed by atoms with Crippen molar-refractivity contribution < 1.29 is 0 Å². The van der Waals surface area contributed by atoms with Crippen molar-refractivity contribution in [3.8, 4) is 0 Å². The van der Waals surface area contributed by atoms with Gasteiger partial charge in [0.05, 0.1) is 0 Å². The first-order valence-corrected chi connectivity index (χ1v) is 9.81. The smallest absolute Gasteiger partial charge is 0.193 e. The highest BCUT2D eigenvalue weighted by atomic mass is 127. The van der Waals surface area contributed by atoms with Gasteiger partial charge in [-0.3, -0.25) is 9.89 Å². The highest BCUT2D eigenvalue weighted by molar-refractivity contribution is 14.0. The number of rotatable bonds is 5. The molecule has 1 unspecified atom stereocenters. The average Bonchev–Trinajstić information content (AvgIpc) is 3.15. The topological polar surface area (TPSA) is 30.9 Å². The highest BCUT2D eigenvalue weighted by Crippen LogP contribution is 2.47. The fourth-order valence-corrected chi connectivity index (χ4v) is 4.75. The van der Waals surface area contributed by atoms with Gasteiger partial charge in [-0.2, -0.15) is 0 Å². The van der Waals surface area contributed by atoms with E-state index >= 15 is 0 Å². The van der Waals surface area contributed by atoms with Crippen LogP contribution in [0, 0.1) is 11.3 Å². The van der Waals surface area contributed by atoms with Crippen molar-refractivity contribution in [1.82, 2.24) is 15.1 Å². The second kappa shape index (κ2) is 9.06. The van der Waals surface area contributed by atoms with Gasteiger partial charge >= 0.3 is 0 Å². The summed E-state index contributed by atoms with van der Waals surface area (Å²) in [5, 5.41) is 3.71. The number of nitrogens with one attached hydrogen (secondary N) is 1. The average molecular weight is 448 g/mol. The Bertz CT molecular complexity index is 414. The SMILES string of the molecule is CN=C(NCC(CC(C)C)N1CCCC1)N1CCC2(CCC2)C1.I. The molecule has 140 valence electrons. The number of nitrogens with zero attached hydrogens (tertiary/aromatic N) is 3. The van der Waals surface area contributed by atoms with E-state index in [1.807, 2.05) is 7.05 Å². The number of hydrogen-bond acceptors (Lipinski definition) is 2. The molecule has 4 nitrogen and oxygen atoms in total. The predicted octanol–water partition coefficient (Wildman–Crippen LogP) is 3.57. The maximum atomic E-state index is 4.58. The van der Waals surface area contributed by atoms with Crippen LogP contribution in [0.2, 0.25) is 0 Å². The Hall–Kier alpha value is -0.0400. The molecule has 0 amide bonds. The summed E-state index contributed by atoms with van der Waals surface area (Å²) in [4.78, 5) is 9.79. The second-order valence-electron chi connectivity index (χ2n) is 8.48. The lowest BCUT2D eigenvalue weighted by Gasteiger charge is -2.38. The van der Waals surface area contributed by atoms with Gasteiger partial charge in [0.1, 0.15) is 0 Å². The molecule has 2 saturated heterocycles. The molecule has 0 radical (unpaired) electrons. The minimum Gasteiger partial charge on any atom is -0.355 e. The molecule has 1 atom stereocenters. The third-order valence-corrected chi connectivity index (χ3v) is 6.26. The van der Waals surface area contributed by atoms with Crippen LogP contribution >= 0.6 is 24.0 Å². The molecule has 1 spiro atoms. The zero-order valence-corrected chi connectivity index (χ0v) is 18.2. The maximum absolute atomic E-state index is 4.58. The second-order valence-corrected chi connectivity index (χ2v) is 8.48. The summed E-state index contributed by atoms with van der Waals surface area (Å²) >= 11 is 0. The van der Waals surface area contributed by atoms with Crippen LogP contribution in [-0.2, 0) is 0 Å². The summed E-state index contributed by atoms with van der Waals surface area (Å²) in [5.74, 6) is 1.90. The van der Waals surface area contributed by atoms with E-state index in [2.05, 4.69) is 34.0 Å². The van der Waals surface area contributed by atoms with E-state index in [4.69, 9.17) is 0 Å². The minimum absolute atomic E-state index is 0. The third-order valence-electron chi connectivity index (χ3n) is 6.26. The molecule has 0 aromatic carbocycles. The van der Waals surface area contributed by atoms with E-state index in [-0.39, 0.29) is 24.0 Å². The molecule has 2 heterocycles. The number of hydrogen-bond donors (Lipinski definition) is 1. The van der Waals surface area contributed by atoms with Crippen LogP contribution in [0.3, 0.4) is 0 Å². The van der Waals surface area contributed by atoms with Gasteiger partial charge in [-0.25, -0.2) is 0 Å². The van der Waals surface area contributed by atoms with E-state index in [0.29, 0.717) is 11.5 Å². The van der Waals surface area contributed by atoms with Crippen molar-refractivity contribution in [3.05, 3.63) is 0 Å². The Morgan fingerprint density at radius 3 is 2.29 bits per heavy atom. The van der Waals surface area contributed by atoms with E-state index in [9.17, 15) is 0 Å². The van der Waals surface area contributed by atoms with Crippen LogP contribution in [0.25, 0.3) is 0 Å². The number of aliphatic imine (C=N–C) groups is 1. The standard InChI is InChI=1S/C19H36N4.HI/c1-16(2)13-17(22-10-4-5-11-22)14-21-18(20-3)23-12-9-19(15-23)7-6-8-19;/h16-17H,4-15H2,1-3H3,(H,20,21);1H. The molecular formula is C19H37IN4. The van der Waals surface area contributed by atoms with Gasteiger partial charge in [0.15, 0.2) is 5.96 Å². The van der Waals surface area contributed by atoms with Crippen LogP contribution in [0.4, 0.5) is 0 Å². The van der Waals surface area contributed by atoms with Crippen molar-refractivity contribution in [2.24, 2.45) is 16.3 Å². The lowest BCUT2D eigenvalue weighted by Crippen LogP contribution is -2.48. The van der Waals surface area contributed by atoms with Crippen LogP contribution in [0.15, 0.2) is 4.99 Å². The molecule has 0 aromatic heterocycles. The van der Waals surface area contributed by atoms with Gasteiger partial charge in [-0.05, 0) is 62.9 Å². The van der Waals surface area contributed by atoms with Gasteiger partial charge in [-0.15, -0.1) is 24.0 Å². The molecule has 1 saturated carbocycles. The van der Waals surface area contributed by atoms with Crippen LogP contribution in [0.1, 0.15) is 58.8 Å². The molecule has 2 aliphatic heterocycles. The van der Waals surface area contributed by atoms with Crippen molar-refractivity contribution in [2.45, 2.75) is 64.8 Å². The van der Waals surface area contributed by atoms with Crippen LogP contribution in [0.5, 0.6) is 0 Å². The summed E-state index contributed by atoms with van der Waals surface area (Å²) in [6.07, 6.45) is 9.71. The fourth-order valence-electron chi connectivity index (χ4n) is 4.75. The Kier molecular flexibility index (Phi) is 7.65. The minimum atomic E-state index is 0. The molecule has 1 aliphatic carbocycles. The zero-order chi connectivity index (χ0) is 16.3. The lowest BCUT2D eigenvalue weighted by atomic mass is 9.68. The largest absolute Gasteiger partial charge is 0.355 e. The van der Waals surface area contributed by atoms with Gasteiger partial charge in [-0.1, -0.05) is 20.3 Å². The van der Waals surface area contributed by atoms with E-state index < -0.39 is 0 Å². The molecule has 24 heavy (non-hydrogen) atoms. The molecule has 1 N–H and O–H groups in total. The van der Waals surface area contributed by atoms with Gasteiger partial charge in [0, 0.05) is 32.7 Å². The number of halogens is 1. The lowest BCUT2D eigenvalue weighted by molar-refractivity contribution is 0.151. The maximum Gasteiger partial charge on any atom is 0.193 e. The van der Waals surface area contributed by atoms with Gasteiger partial charge in [0.25, 0.3) is 0 Å². The van der Waals surface area contributed by atoms with Crippen molar-refractivity contribution in [3.63, 3.8) is 0 Å². The molecule has 3 fully saturated rings. The van der Waals surface area contributed by atoms with Crippen molar-refractivity contribution in [1.29, 1.82) is 0 Å². The monoisotopic (exact) mass is 448 g/mol. The molecule has 3 aliphatic rings. The van der Waals surface area contributed by atoms with E-state index in [1.165, 1.54) is 71.1 Å². The van der Waals surface area contributed by atoms with E-state index in [1.54, 1.807) is 0 Å². The Balaban J connectivity index is 0.00000208. The summed E-state index contributed by atoms with van der Waals surface area (Å²) in [6, 6.07) is 0.662. The van der Waals surface area contributed by atoms with Crippen molar-refractivity contribution in [2.75, 3.05) is 39.8 Å². The molecule has 0 aromatic rings. The summed E-state index contributed by atoms with van der Waals surface area (Å²) < 4.78 is 0. The quantitative estimate of drug-likeness (QED) is 0.397. The predicted molar refractivity (Wildman–Crippen MR) is 113 cm³/mol.